The van der Waals surface area contributed by atoms with Crippen LogP contribution in [0.2, 0.25) is 0 Å². The zero-order valence-corrected chi connectivity index (χ0v) is 10.2. The summed E-state index contributed by atoms with van der Waals surface area (Å²) in [4.78, 5) is 0. The maximum atomic E-state index is 6.26. The molecule has 3 rings (SSSR count). The van der Waals surface area contributed by atoms with Gasteiger partial charge >= 0.3 is 0 Å². The minimum atomic E-state index is 0.000648. The number of nitrogens with two attached hydrogens (primary N) is 1. The molecular weight excluding hydrogens is 214 g/mol. The van der Waals surface area contributed by atoms with Gasteiger partial charge in [0.1, 0.15) is 5.75 Å². The number of rotatable bonds is 3. The highest BCUT2D eigenvalue weighted by Gasteiger charge is 2.33. The summed E-state index contributed by atoms with van der Waals surface area (Å²) < 4.78 is 11.3. The van der Waals surface area contributed by atoms with E-state index < -0.39 is 0 Å². The molecule has 2 aliphatic rings. The lowest BCUT2D eigenvalue weighted by atomic mass is 9.95. The summed E-state index contributed by atoms with van der Waals surface area (Å²) in [6.45, 7) is 0. The Morgan fingerprint density at radius 2 is 2.12 bits per heavy atom. The van der Waals surface area contributed by atoms with Crippen LogP contribution in [-0.2, 0) is 11.2 Å². The Bertz CT molecular complexity index is 415. The molecule has 1 aromatic carbocycles. The number of methoxy groups -OCH3 is 1. The van der Waals surface area contributed by atoms with E-state index in [-0.39, 0.29) is 12.1 Å². The molecule has 0 saturated heterocycles. The first kappa shape index (κ1) is 11.1. The molecule has 0 heterocycles. The van der Waals surface area contributed by atoms with E-state index in [1.54, 1.807) is 7.11 Å². The highest BCUT2D eigenvalue weighted by molar-refractivity contribution is 5.42. The molecule has 3 heteroatoms. The van der Waals surface area contributed by atoms with E-state index >= 15 is 0 Å². The first-order valence-electron chi connectivity index (χ1n) is 6.36. The van der Waals surface area contributed by atoms with Gasteiger partial charge in [-0.2, -0.15) is 0 Å². The van der Waals surface area contributed by atoms with Gasteiger partial charge in [-0.15, -0.1) is 0 Å². The summed E-state index contributed by atoms with van der Waals surface area (Å²) in [5.74, 6) is 0.878. The summed E-state index contributed by atoms with van der Waals surface area (Å²) >= 11 is 0. The van der Waals surface area contributed by atoms with Crippen LogP contribution in [0.1, 0.15) is 36.4 Å². The van der Waals surface area contributed by atoms with Gasteiger partial charge in [-0.25, -0.2) is 0 Å². The van der Waals surface area contributed by atoms with Gasteiger partial charge in [-0.3, -0.25) is 0 Å². The minimum Gasteiger partial charge on any atom is -0.497 e. The van der Waals surface area contributed by atoms with Crippen molar-refractivity contribution in [1.29, 1.82) is 0 Å². The van der Waals surface area contributed by atoms with Crippen molar-refractivity contribution in [2.45, 2.75) is 43.9 Å². The van der Waals surface area contributed by atoms with Crippen LogP contribution < -0.4 is 10.5 Å². The molecular formula is C14H19NO2. The Morgan fingerprint density at radius 1 is 1.29 bits per heavy atom. The van der Waals surface area contributed by atoms with Gasteiger partial charge in [-0.05, 0) is 42.5 Å². The molecule has 2 unspecified atom stereocenters. The molecule has 1 saturated carbocycles. The van der Waals surface area contributed by atoms with Crippen LogP contribution in [0.5, 0.6) is 5.75 Å². The topological polar surface area (TPSA) is 44.5 Å². The van der Waals surface area contributed by atoms with Gasteiger partial charge in [0, 0.05) is 6.42 Å². The van der Waals surface area contributed by atoms with Gasteiger partial charge < -0.3 is 15.2 Å². The van der Waals surface area contributed by atoms with Gasteiger partial charge in [0.2, 0.25) is 0 Å². The molecule has 1 fully saturated rings. The molecule has 2 aliphatic carbocycles. The molecule has 1 aromatic rings. The van der Waals surface area contributed by atoms with E-state index in [4.69, 9.17) is 15.2 Å². The molecule has 17 heavy (non-hydrogen) atoms. The third-order valence-corrected chi connectivity index (χ3v) is 3.95. The van der Waals surface area contributed by atoms with Crippen molar-refractivity contribution in [3.63, 3.8) is 0 Å². The third-order valence-electron chi connectivity index (χ3n) is 3.95. The predicted octanol–water partition coefficient (Wildman–Crippen LogP) is 2.19. The lowest BCUT2D eigenvalue weighted by Gasteiger charge is -2.30. The van der Waals surface area contributed by atoms with Crippen molar-refractivity contribution in [2.24, 2.45) is 5.73 Å². The van der Waals surface area contributed by atoms with Crippen LogP contribution >= 0.6 is 0 Å². The molecule has 0 spiro atoms. The second kappa shape index (κ2) is 4.31. The van der Waals surface area contributed by atoms with Gasteiger partial charge in [0.25, 0.3) is 0 Å². The summed E-state index contributed by atoms with van der Waals surface area (Å²) in [5.41, 5.74) is 8.76. The largest absolute Gasteiger partial charge is 0.497 e. The first-order valence-corrected chi connectivity index (χ1v) is 6.36. The number of ether oxygens (including phenoxy) is 2. The van der Waals surface area contributed by atoms with E-state index in [2.05, 4.69) is 6.07 Å². The first-order chi connectivity index (χ1) is 8.28. The van der Waals surface area contributed by atoms with E-state index in [0.717, 1.165) is 12.2 Å². The van der Waals surface area contributed by atoms with Gasteiger partial charge in [-0.1, -0.05) is 6.07 Å². The monoisotopic (exact) mass is 233 g/mol. The average Bonchev–Trinajstić information content (AvgIpc) is 2.61. The molecule has 2 atom stereocenters. The average molecular weight is 233 g/mol. The standard InChI is InChI=1S/C14H19NO2/c1-16-11-6-5-9-7-13(14(15)12(9)8-11)17-10-3-2-4-10/h5-6,8,10,13-14H,2-4,7,15H2,1H3. The molecule has 3 nitrogen and oxygen atoms in total. The highest BCUT2D eigenvalue weighted by atomic mass is 16.5. The van der Waals surface area contributed by atoms with Crippen LogP contribution in [0.15, 0.2) is 18.2 Å². The maximum Gasteiger partial charge on any atom is 0.119 e. The summed E-state index contributed by atoms with van der Waals surface area (Å²) in [6.07, 6.45) is 5.24. The Hall–Kier alpha value is -1.06. The second-order valence-electron chi connectivity index (χ2n) is 5.02. The van der Waals surface area contributed by atoms with Gasteiger partial charge in [0.15, 0.2) is 0 Å². The number of hydrogen-bond acceptors (Lipinski definition) is 3. The minimum absolute atomic E-state index is 0.000648. The highest BCUT2D eigenvalue weighted by Crippen LogP contribution is 2.36. The number of hydrogen-bond donors (Lipinski definition) is 1. The van der Waals surface area contributed by atoms with Crippen LogP contribution in [0.25, 0.3) is 0 Å². The smallest absolute Gasteiger partial charge is 0.119 e. The lowest BCUT2D eigenvalue weighted by Crippen LogP contribution is -2.33. The SMILES string of the molecule is COc1ccc2c(c1)C(N)C(OC1CCC1)C2. The van der Waals surface area contributed by atoms with Crippen molar-refractivity contribution in [2.75, 3.05) is 7.11 Å². The van der Waals surface area contributed by atoms with Crippen molar-refractivity contribution in [1.82, 2.24) is 0 Å². The molecule has 0 amide bonds. The fourth-order valence-electron chi connectivity index (χ4n) is 2.63. The van der Waals surface area contributed by atoms with Crippen molar-refractivity contribution >= 4 is 0 Å². The molecule has 0 bridgehead atoms. The molecule has 0 radical (unpaired) electrons. The fraction of sp³-hybridized carbons (Fsp3) is 0.571. The van der Waals surface area contributed by atoms with Crippen molar-refractivity contribution in [3.05, 3.63) is 29.3 Å². The van der Waals surface area contributed by atoms with Crippen LogP contribution in [0.4, 0.5) is 0 Å². The molecule has 2 N–H and O–H groups in total. The third kappa shape index (κ3) is 1.94. The van der Waals surface area contributed by atoms with Crippen LogP contribution in [0, 0.1) is 0 Å². The fourth-order valence-corrected chi connectivity index (χ4v) is 2.63. The summed E-state index contributed by atoms with van der Waals surface area (Å²) in [7, 11) is 1.69. The second-order valence-corrected chi connectivity index (χ2v) is 5.02. The Kier molecular flexibility index (Phi) is 2.81. The Balaban J connectivity index is 1.76. The number of benzene rings is 1. The number of fused-ring (bicyclic) bond motifs is 1. The van der Waals surface area contributed by atoms with E-state index in [9.17, 15) is 0 Å². The molecule has 0 aromatic heterocycles. The summed E-state index contributed by atoms with van der Waals surface area (Å²) in [5, 5.41) is 0. The Morgan fingerprint density at radius 3 is 2.76 bits per heavy atom. The Labute approximate surface area is 102 Å². The van der Waals surface area contributed by atoms with Crippen molar-refractivity contribution < 1.29 is 9.47 Å². The van der Waals surface area contributed by atoms with Crippen molar-refractivity contribution in [3.8, 4) is 5.75 Å². The maximum absolute atomic E-state index is 6.26. The normalized spacial score (nSPS) is 27.6. The molecule has 0 aliphatic heterocycles. The summed E-state index contributed by atoms with van der Waals surface area (Å²) in [6, 6.07) is 6.15. The zero-order valence-electron chi connectivity index (χ0n) is 10.2. The van der Waals surface area contributed by atoms with E-state index in [0.29, 0.717) is 6.10 Å². The quantitative estimate of drug-likeness (QED) is 0.870. The van der Waals surface area contributed by atoms with Crippen LogP contribution in [-0.4, -0.2) is 19.3 Å². The zero-order chi connectivity index (χ0) is 11.8. The van der Waals surface area contributed by atoms with Crippen LogP contribution in [0.3, 0.4) is 0 Å². The van der Waals surface area contributed by atoms with E-state index in [1.807, 2.05) is 12.1 Å². The van der Waals surface area contributed by atoms with Gasteiger partial charge in [0.05, 0.1) is 25.4 Å². The predicted molar refractivity (Wildman–Crippen MR) is 66.1 cm³/mol. The molecule has 92 valence electrons. The van der Waals surface area contributed by atoms with E-state index in [1.165, 1.54) is 30.4 Å². The lowest BCUT2D eigenvalue weighted by molar-refractivity contribution is -0.0563.